The zero-order valence-electron chi connectivity index (χ0n) is 9.29. The molecule has 1 amide bonds. The fourth-order valence-corrected chi connectivity index (χ4v) is 1.40. The van der Waals surface area contributed by atoms with Crippen LogP contribution in [0.4, 0.5) is 4.39 Å². The fourth-order valence-electron chi connectivity index (χ4n) is 1.40. The van der Waals surface area contributed by atoms with Gasteiger partial charge in [-0.05, 0) is 31.0 Å². The number of rotatable bonds is 2. The van der Waals surface area contributed by atoms with E-state index in [1.165, 1.54) is 12.1 Å². The van der Waals surface area contributed by atoms with Crippen LogP contribution < -0.4 is 11.1 Å². The number of halogens is 1. The molecule has 1 aromatic carbocycles. The van der Waals surface area contributed by atoms with Crippen LogP contribution in [0.1, 0.15) is 28.8 Å². The zero-order valence-corrected chi connectivity index (χ0v) is 9.29. The first-order valence-electron chi connectivity index (χ1n) is 5.50. The Kier molecular flexibility index (Phi) is 3.40. The predicted octanol–water partition coefficient (Wildman–Crippen LogP) is 1.03. The normalized spacial score (nSPS) is 13.8. The summed E-state index contributed by atoms with van der Waals surface area (Å²) in [7, 11) is 0. The molecule has 0 atom stereocenters. The molecule has 1 aliphatic rings. The van der Waals surface area contributed by atoms with Crippen LogP contribution in [0.5, 0.6) is 0 Å². The van der Waals surface area contributed by atoms with Crippen molar-refractivity contribution in [1.29, 1.82) is 0 Å². The van der Waals surface area contributed by atoms with Crippen molar-refractivity contribution in [3.8, 4) is 11.8 Å². The summed E-state index contributed by atoms with van der Waals surface area (Å²) in [6.45, 7) is 0.184. The summed E-state index contributed by atoms with van der Waals surface area (Å²) in [4.78, 5) is 11.6. The molecule has 0 aliphatic heterocycles. The molecule has 0 radical (unpaired) electrons. The lowest BCUT2D eigenvalue weighted by molar-refractivity contribution is 0.0950. The minimum atomic E-state index is -0.491. The molecule has 1 fully saturated rings. The van der Waals surface area contributed by atoms with Crippen LogP contribution in [0.25, 0.3) is 0 Å². The van der Waals surface area contributed by atoms with Gasteiger partial charge in [0.15, 0.2) is 0 Å². The molecular formula is C13H13FN2O. The predicted molar refractivity (Wildman–Crippen MR) is 62.8 cm³/mol. The number of nitrogens with two attached hydrogens (primary N) is 1. The molecule has 0 aromatic heterocycles. The molecule has 17 heavy (non-hydrogen) atoms. The highest BCUT2D eigenvalue weighted by atomic mass is 19.1. The van der Waals surface area contributed by atoms with E-state index >= 15 is 0 Å². The highest BCUT2D eigenvalue weighted by molar-refractivity contribution is 5.94. The second-order valence-electron chi connectivity index (χ2n) is 3.95. The monoisotopic (exact) mass is 232 g/mol. The molecule has 0 saturated heterocycles. The molecule has 0 bridgehead atoms. The Morgan fingerprint density at radius 1 is 1.53 bits per heavy atom. The lowest BCUT2D eigenvalue weighted by Gasteiger charge is -2.03. The maximum atomic E-state index is 13.6. The first kappa shape index (κ1) is 11.6. The Labute approximate surface area is 99.2 Å². The third-order valence-electron chi connectivity index (χ3n) is 2.47. The second kappa shape index (κ2) is 4.98. The van der Waals surface area contributed by atoms with E-state index in [1.54, 1.807) is 6.07 Å². The van der Waals surface area contributed by atoms with Gasteiger partial charge in [-0.15, -0.1) is 0 Å². The van der Waals surface area contributed by atoms with Gasteiger partial charge in [-0.1, -0.05) is 11.8 Å². The zero-order chi connectivity index (χ0) is 12.3. The largest absolute Gasteiger partial charge is 0.349 e. The van der Waals surface area contributed by atoms with Gasteiger partial charge in [-0.3, -0.25) is 4.79 Å². The van der Waals surface area contributed by atoms with E-state index in [0.29, 0.717) is 5.56 Å². The van der Waals surface area contributed by atoms with E-state index in [4.69, 9.17) is 5.73 Å². The number of benzene rings is 1. The van der Waals surface area contributed by atoms with Gasteiger partial charge >= 0.3 is 0 Å². The van der Waals surface area contributed by atoms with Gasteiger partial charge in [0, 0.05) is 11.6 Å². The van der Waals surface area contributed by atoms with Gasteiger partial charge < -0.3 is 11.1 Å². The molecular weight excluding hydrogens is 219 g/mol. The topological polar surface area (TPSA) is 55.1 Å². The summed E-state index contributed by atoms with van der Waals surface area (Å²) in [5.41, 5.74) is 5.80. The van der Waals surface area contributed by atoms with E-state index in [0.717, 1.165) is 12.8 Å². The van der Waals surface area contributed by atoms with Gasteiger partial charge in [0.05, 0.1) is 12.1 Å². The van der Waals surface area contributed by atoms with Gasteiger partial charge in [0.2, 0.25) is 0 Å². The summed E-state index contributed by atoms with van der Waals surface area (Å²) in [5, 5.41) is 2.80. The third-order valence-corrected chi connectivity index (χ3v) is 2.47. The van der Waals surface area contributed by atoms with Crippen molar-refractivity contribution in [3.63, 3.8) is 0 Å². The highest BCUT2D eigenvalue weighted by Gasteiger charge is 2.23. The number of amides is 1. The Balaban J connectivity index is 2.14. The van der Waals surface area contributed by atoms with Gasteiger partial charge in [-0.25, -0.2) is 4.39 Å². The maximum Gasteiger partial charge on any atom is 0.251 e. The number of hydrogen-bond donors (Lipinski definition) is 2. The fraction of sp³-hybridized carbons (Fsp3) is 0.308. The van der Waals surface area contributed by atoms with Crippen LogP contribution in [0.15, 0.2) is 18.2 Å². The standard InChI is InChI=1S/C13H13FN2O/c14-12-8-10(13(17)16-11-5-6-11)4-3-9(12)2-1-7-15/h3-4,8,11H,5-7,15H2,(H,16,17). The molecule has 1 saturated carbocycles. The van der Waals surface area contributed by atoms with Crippen LogP contribution in [0.2, 0.25) is 0 Å². The molecule has 3 nitrogen and oxygen atoms in total. The molecule has 0 heterocycles. The van der Waals surface area contributed by atoms with E-state index in [1.807, 2.05) is 0 Å². The van der Waals surface area contributed by atoms with Crippen molar-refractivity contribution in [2.75, 3.05) is 6.54 Å². The Morgan fingerprint density at radius 2 is 2.29 bits per heavy atom. The van der Waals surface area contributed by atoms with Crippen LogP contribution in [0.3, 0.4) is 0 Å². The SMILES string of the molecule is NCC#Cc1ccc(C(=O)NC2CC2)cc1F. The van der Waals surface area contributed by atoms with Crippen molar-refractivity contribution in [1.82, 2.24) is 5.32 Å². The van der Waals surface area contributed by atoms with E-state index in [2.05, 4.69) is 17.2 Å². The summed E-state index contributed by atoms with van der Waals surface area (Å²) in [6.07, 6.45) is 2.02. The van der Waals surface area contributed by atoms with Crippen LogP contribution in [-0.2, 0) is 0 Å². The van der Waals surface area contributed by atoms with Crippen molar-refractivity contribution >= 4 is 5.91 Å². The van der Waals surface area contributed by atoms with Crippen molar-refractivity contribution in [3.05, 3.63) is 35.1 Å². The lowest BCUT2D eigenvalue weighted by atomic mass is 10.1. The maximum absolute atomic E-state index is 13.6. The Bertz CT molecular complexity index is 498. The molecule has 3 N–H and O–H groups in total. The summed E-state index contributed by atoms with van der Waals surface area (Å²) < 4.78 is 13.6. The van der Waals surface area contributed by atoms with Crippen molar-refractivity contribution in [2.24, 2.45) is 5.73 Å². The quantitative estimate of drug-likeness (QED) is 0.748. The lowest BCUT2D eigenvalue weighted by Crippen LogP contribution is -2.25. The molecule has 2 rings (SSSR count). The average Bonchev–Trinajstić information content (AvgIpc) is 3.11. The van der Waals surface area contributed by atoms with Gasteiger partial charge in [0.25, 0.3) is 5.91 Å². The molecule has 1 aromatic rings. The molecule has 0 spiro atoms. The number of carbonyl (C=O) groups is 1. The first-order valence-corrected chi connectivity index (χ1v) is 5.50. The smallest absolute Gasteiger partial charge is 0.251 e. The van der Waals surface area contributed by atoms with Crippen LogP contribution in [0, 0.1) is 17.7 Å². The number of nitrogens with one attached hydrogen (secondary N) is 1. The molecule has 1 aliphatic carbocycles. The van der Waals surface area contributed by atoms with Crippen LogP contribution >= 0.6 is 0 Å². The highest BCUT2D eigenvalue weighted by Crippen LogP contribution is 2.19. The summed E-state index contributed by atoms with van der Waals surface area (Å²) in [5.74, 6) is 4.46. The van der Waals surface area contributed by atoms with Crippen molar-refractivity contribution in [2.45, 2.75) is 18.9 Å². The van der Waals surface area contributed by atoms with E-state index in [9.17, 15) is 9.18 Å². The minimum Gasteiger partial charge on any atom is -0.349 e. The third kappa shape index (κ3) is 3.05. The molecule has 88 valence electrons. The first-order chi connectivity index (χ1) is 8.20. The van der Waals surface area contributed by atoms with E-state index in [-0.39, 0.29) is 24.1 Å². The second-order valence-corrected chi connectivity index (χ2v) is 3.95. The van der Waals surface area contributed by atoms with E-state index < -0.39 is 5.82 Å². The minimum absolute atomic E-state index is 0.184. The van der Waals surface area contributed by atoms with Gasteiger partial charge in [0.1, 0.15) is 5.82 Å². The summed E-state index contributed by atoms with van der Waals surface area (Å²) in [6, 6.07) is 4.54. The molecule has 0 unspecified atom stereocenters. The average molecular weight is 232 g/mol. The Hall–Kier alpha value is -1.86. The van der Waals surface area contributed by atoms with Crippen molar-refractivity contribution < 1.29 is 9.18 Å². The number of carbonyl (C=O) groups excluding carboxylic acids is 1. The van der Waals surface area contributed by atoms with Crippen LogP contribution in [-0.4, -0.2) is 18.5 Å². The summed E-state index contributed by atoms with van der Waals surface area (Å²) >= 11 is 0. The number of hydrogen-bond acceptors (Lipinski definition) is 2. The Morgan fingerprint density at radius 3 is 2.88 bits per heavy atom. The van der Waals surface area contributed by atoms with Gasteiger partial charge in [-0.2, -0.15) is 0 Å². The molecule has 4 heteroatoms.